The quantitative estimate of drug-likeness (QED) is 0.702. The molecule has 2 rings (SSSR count). The van der Waals surface area contributed by atoms with Gasteiger partial charge in [0.1, 0.15) is 0 Å². The third-order valence-electron chi connectivity index (χ3n) is 2.30. The Morgan fingerprint density at radius 1 is 1.69 bits per heavy atom. The lowest BCUT2D eigenvalue weighted by atomic mass is 10.1. The molecule has 1 fully saturated rings. The first kappa shape index (κ1) is 8.16. The van der Waals surface area contributed by atoms with Gasteiger partial charge < -0.3 is 5.11 Å². The molecule has 1 N–H and O–H groups in total. The van der Waals surface area contributed by atoms with E-state index in [4.69, 9.17) is 5.11 Å². The van der Waals surface area contributed by atoms with E-state index in [1.54, 1.807) is 12.1 Å². The van der Waals surface area contributed by atoms with Crippen LogP contribution in [0.3, 0.4) is 0 Å². The molecule has 2 atom stereocenters. The van der Waals surface area contributed by atoms with Crippen LogP contribution in [0.25, 0.3) is 0 Å². The zero-order valence-corrected chi connectivity index (χ0v) is 6.77. The normalized spacial score (nSPS) is 25.6. The molecule has 0 radical (unpaired) electrons. The summed E-state index contributed by atoms with van der Waals surface area (Å²) in [6, 6.07) is 3.21. The van der Waals surface area contributed by atoms with Crippen LogP contribution in [0.1, 0.15) is 17.9 Å². The lowest BCUT2D eigenvalue weighted by Crippen LogP contribution is -2.00. The number of carboxylic acids is 1. The van der Waals surface area contributed by atoms with Gasteiger partial charge in [-0.3, -0.25) is 4.79 Å². The van der Waals surface area contributed by atoms with E-state index in [1.807, 2.05) is 0 Å². The Balaban J connectivity index is 2.21. The summed E-state index contributed by atoms with van der Waals surface area (Å²) in [5.41, 5.74) is 0.426. The van der Waals surface area contributed by atoms with Crippen LogP contribution < -0.4 is 0 Å². The van der Waals surface area contributed by atoms with E-state index in [2.05, 4.69) is 4.98 Å². The number of halogens is 1. The van der Waals surface area contributed by atoms with Crippen LogP contribution >= 0.6 is 0 Å². The molecule has 1 aromatic rings. The molecule has 4 heteroatoms. The van der Waals surface area contributed by atoms with Gasteiger partial charge in [-0.15, -0.1) is 0 Å². The summed E-state index contributed by atoms with van der Waals surface area (Å²) in [5, 5.41) is 8.63. The van der Waals surface area contributed by atoms with E-state index in [0.29, 0.717) is 12.0 Å². The van der Waals surface area contributed by atoms with Gasteiger partial charge in [-0.25, -0.2) is 4.98 Å². The average Bonchev–Trinajstić information content (AvgIpc) is 2.84. The Labute approximate surface area is 74.2 Å². The molecule has 1 aromatic heterocycles. The van der Waals surface area contributed by atoms with Crippen LogP contribution in [0.4, 0.5) is 4.39 Å². The highest BCUT2D eigenvalue weighted by Gasteiger charge is 2.45. The second kappa shape index (κ2) is 2.80. The van der Waals surface area contributed by atoms with Gasteiger partial charge in [0.15, 0.2) is 0 Å². The van der Waals surface area contributed by atoms with Crippen molar-refractivity contribution in [2.45, 2.75) is 12.3 Å². The predicted octanol–water partition coefficient (Wildman–Crippen LogP) is 1.41. The molecule has 1 heterocycles. The Bertz CT molecular complexity index is 353. The first-order chi connectivity index (χ1) is 6.20. The fraction of sp³-hybridized carbons (Fsp3) is 0.333. The van der Waals surface area contributed by atoms with Gasteiger partial charge in [0.2, 0.25) is 5.95 Å². The number of hydrogen-bond acceptors (Lipinski definition) is 2. The van der Waals surface area contributed by atoms with Crippen molar-refractivity contribution < 1.29 is 14.3 Å². The van der Waals surface area contributed by atoms with Crippen molar-refractivity contribution >= 4 is 5.97 Å². The maximum Gasteiger partial charge on any atom is 0.307 e. The van der Waals surface area contributed by atoms with E-state index in [-0.39, 0.29) is 5.92 Å². The van der Waals surface area contributed by atoms with Crippen molar-refractivity contribution in [1.82, 2.24) is 4.98 Å². The lowest BCUT2D eigenvalue weighted by molar-refractivity contribution is -0.138. The van der Waals surface area contributed by atoms with Crippen molar-refractivity contribution in [2.75, 3.05) is 0 Å². The molecule has 68 valence electrons. The Morgan fingerprint density at radius 3 is 3.00 bits per heavy atom. The number of nitrogens with zero attached hydrogens (tertiary/aromatic N) is 1. The Hall–Kier alpha value is -1.45. The molecule has 1 aliphatic rings. The largest absolute Gasteiger partial charge is 0.481 e. The molecule has 1 aliphatic carbocycles. The Kier molecular flexibility index (Phi) is 1.76. The fourth-order valence-corrected chi connectivity index (χ4v) is 1.49. The molecular weight excluding hydrogens is 173 g/mol. The standard InChI is InChI=1S/C9H8FNO2/c10-8-5(2-1-3-11-8)6-4-7(6)9(12)13/h1-3,6-7H,4H2,(H,12,13)/t6-,7+/m1/s1. The molecule has 0 saturated heterocycles. The second-order valence-electron chi connectivity index (χ2n) is 3.17. The maximum atomic E-state index is 13.0. The molecular formula is C9H8FNO2. The summed E-state index contributed by atoms with van der Waals surface area (Å²) in [7, 11) is 0. The zero-order valence-electron chi connectivity index (χ0n) is 6.77. The van der Waals surface area contributed by atoms with Gasteiger partial charge in [-0.05, 0) is 12.5 Å². The highest BCUT2D eigenvalue weighted by atomic mass is 19.1. The molecule has 13 heavy (non-hydrogen) atoms. The molecule has 1 saturated carbocycles. The van der Waals surface area contributed by atoms with Gasteiger partial charge in [-0.1, -0.05) is 6.07 Å². The minimum Gasteiger partial charge on any atom is -0.481 e. The van der Waals surface area contributed by atoms with E-state index >= 15 is 0 Å². The number of carbonyl (C=O) groups is 1. The molecule has 0 amide bonds. The van der Waals surface area contributed by atoms with Gasteiger partial charge in [-0.2, -0.15) is 4.39 Å². The highest BCUT2D eigenvalue weighted by molar-refractivity contribution is 5.75. The van der Waals surface area contributed by atoms with Crippen molar-refractivity contribution in [3.05, 3.63) is 29.8 Å². The van der Waals surface area contributed by atoms with Gasteiger partial charge in [0.25, 0.3) is 0 Å². The summed E-state index contributed by atoms with van der Waals surface area (Å²) in [5.74, 6) is -1.99. The van der Waals surface area contributed by atoms with Gasteiger partial charge in [0, 0.05) is 17.7 Å². The van der Waals surface area contributed by atoms with Gasteiger partial charge >= 0.3 is 5.97 Å². The average molecular weight is 181 g/mol. The van der Waals surface area contributed by atoms with Crippen LogP contribution in [0.15, 0.2) is 18.3 Å². The number of hydrogen-bond donors (Lipinski definition) is 1. The molecule has 0 unspecified atom stereocenters. The van der Waals surface area contributed by atoms with Crippen LogP contribution in [-0.2, 0) is 4.79 Å². The first-order valence-electron chi connectivity index (χ1n) is 4.03. The monoisotopic (exact) mass is 181 g/mol. The maximum absolute atomic E-state index is 13.0. The Morgan fingerprint density at radius 2 is 2.46 bits per heavy atom. The van der Waals surface area contributed by atoms with E-state index in [1.165, 1.54) is 6.20 Å². The third kappa shape index (κ3) is 1.39. The summed E-state index contributed by atoms with van der Waals surface area (Å²) in [4.78, 5) is 14.0. The fourth-order valence-electron chi connectivity index (χ4n) is 1.49. The summed E-state index contributed by atoms with van der Waals surface area (Å²) < 4.78 is 13.0. The van der Waals surface area contributed by atoms with Crippen LogP contribution in [0.2, 0.25) is 0 Å². The minimum absolute atomic E-state index is 0.175. The number of aromatic nitrogens is 1. The molecule has 0 aliphatic heterocycles. The number of rotatable bonds is 2. The SMILES string of the molecule is O=C(O)[C@H]1C[C@@H]1c1cccnc1F. The second-order valence-corrected chi connectivity index (χ2v) is 3.17. The molecule has 0 bridgehead atoms. The molecule has 0 aromatic carbocycles. The van der Waals surface area contributed by atoms with E-state index in [0.717, 1.165) is 0 Å². The first-order valence-corrected chi connectivity index (χ1v) is 4.03. The van der Waals surface area contributed by atoms with Gasteiger partial charge in [0.05, 0.1) is 5.92 Å². The number of pyridine rings is 1. The minimum atomic E-state index is -0.853. The van der Waals surface area contributed by atoms with Crippen molar-refractivity contribution in [2.24, 2.45) is 5.92 Å². The zero-order chi connectivity index (χ0) is 9.42. The molecule has 0 spiro atoms. The van der Waals surface area contributed by atoms with Crippen LogP contribution in [-0.4, -0.2) is 16.1 Å². The highest BCUT2D eigenvalue weighted by Crippen LogP contribution is 2.47. The van der Waals surface area contributed by atoms with Crippen LogP contribution in [0, 0.1) is 11.9 Å². The van der Waals surface area contributed by atoms with Crippen molar-refractivity contribution in [3.8, 4) is 0 Å². The lowest BCUT2D eigenvalue weighted by Gasteiger charge is -1.97. The predicted molar refractivity (Wildman–Crippen MR) is 42.7 cm³/mol. The van der Waals surface area contributed by atoms with E-state index in [9.17, 15) is 9.18 Å². The topological polar surface area (TPSA) is 50.2 Å². The van der Waals surface area contributed by atoms with Crippen molar-refractivity contribution in [1.29, 1.82) is 0 Å². The third-order valence-corrected chi connectivity index (χ3v) is 2.30. The summed E-state index contributed by atoms with van der Waals surface area (Å²) in [6.07, 6.45) is 1.88. The van der Waals surface area contributed by atoms with E-state index < -0.39 is 17.8 Å². The summed E-state index contributed by atoms with van der Waals surface area (Å²) in [6.45, 7) is 0. The smallest absolute Gasteiger partial charge is 0.307 e. The number of aliphatic carboxylic acids is 1. The number of carboxylic acid groups (broad SMARTS) is 1. The molecule has 3 nitrogen and oxygen atoms in total. The van der Waals surface area contributed by atoms with Crippen molar-refractivity contribution in [3.63, 3.8) is 0 Å². The summed E-state index contributed by atoms with van der Waals surface area (Å²) >= 11 is 0. The van der Waals surface area contributed by atoms with Crippen LogP contribution in [0.5, 0.6) is 0 Å².